The molecule has 2 N–H and O–H groups in total. The number of methoxy groups -OCH3 is 1. The zero-order valence-corrected chi connectivity index (χ0v) is 11.6. The van der Waals surface area contributed by atoms with E-state index in [-0.39, 0.29) is 24.6 Å². The molecule has 0 aromatic rings. The second kappa shape index (κ2) is 8.96. The van der Waals surface area contributed by atoms with Crippen molar-refractivity contribution < 1.29 is 23.9 Å². The second-order valence-electron chi connectivity index (χ2n) is 4.06. The lowest BCUT2D eigenvalue weighted by molar-refractivity contribution is -0.140. The van der Waals surface area contributed by atoms with Crippen LogP contribution in [0, 0.1) is 5.92 Å². The summed E-state index contributed by atoms with van der Waals surface area (Å²) in [5, 5.41) is 5.07. The quantitative estimate of drug-likeness (QED) is 0.532. The summed E-state index contributed by atoms with van der Waals surface area (Å²) in [5.74, 6) is -1.22. The van der Waals surface area contributed by atoms with E-state index in [1.54, 1.807) is 0 Å². The maximum Gasteiger partial charge on any atom is 0.331 e. The molecule has 0 heterocycles. The van der Waals surface area contributed by atoms with Crippen molar-refractivity contribution in [2.24, 2.45) is 5.92 Å². The van der Waals surface area contributed by atoms with E-state index in [2.05, 4.69) is 15.4 Å². The van der Waals surface area contributed by atoms with Crippen LogP contribution in [0.3, 0.4) is 0 Å². The molecule has 0 aromatic heterocycles. The first-order valence-electron chi connectivity index (χ1n) is 5.81. The highest BCUT2D eigenvalue weighted by Crippen LogP contribution is 2.02. The van der Waals surface area contributed by atoms with E-state index in [9.17, 15) is 14.4 Å². The molecular formula is C12H20N2O5. The van der Waals surface area contributed by atoms with Crippen molar-refractivity contribution in [3.8, 4) is 0 Å². The lowest BCUT2D eigenvalue weighted by Gasteiger charge is -2.21. The molecule has 0 aliphatic rings. The van der Waals surface area contributed by atoms with Crippen LogP contribution in [0.15, 0.2) is 12.2 Å². The van der Waals surface area contributed by atoms with Crippen molar-refractivity contribution in [3.63, 3.8) is 0 Å². The van der Waals surface area contributed by atoms with Gasteiger partial charge < -0.3 is 20.1 Å². The fraction of sp³-hybridized carbons (Fsp3) is 0.583. The number of urea groups is 1. The van der Waals surface area contributed by atoms with Crippen LogP contribution in [0.2, 0.25) is 0 Å². The van der Waals surface area contributed by atoms with Gasteiger partial charge in [-0.3, -0.25) is 0 Å². The predicted molar refractivity (Wildman–Crippen MR) is 68.3 cm³/mol. The Balaban J connectivity index is 4.25. The third-order valence-electron chi connectivity index (χ3n) is 2.31. The van der Waals surface area contributed by atoms with Crippen LogP contribution >= 0.6 is 0 Å². The number of nitrogens with one attached hydrogen (secondary N) is 2. The third kappa shape index (κ3) is 7.80. The molecule has 1 atom stereocenters. The van der Waals surface area contributed by atoms with Gasteiger partial charge in [0, 0.05) is 19.2 Å². The Morgan fingerprint density at radius 1 is 1.16 bits per heavy atom. The van der Waals surface area contributed by atoms with Crippen LogP contribution in [-0.2, 0) is 19.1 Å². The number of amides is 2. The Hall–Kier alpha value is -2.05. The number of hydrogen-bond donors (Lipinski definition) is 2. The maximum absolute atomic E-state index is 11.3. The van der Waals surface area contributed by atoms with Crippen LogP contribution in [0.5, 0.6) is 0 Å². The molecule has 0 fully saturated rings. The average molecular weight is 272 g/mol. The van der Waals surface area contributed by atoms with Crippen molar-refractivity contribution >= 4 is 18.0 Å². The highest BCUT2D eigenvalue weighted by molar-refractivity contribution is 5.91. The van der Waals surface area contributed by atoms with E-state index in [0.717, 1.165) is 12.2 Å². The van der Waals surface area contributed by atoms with Crippen LogP contribution in [-0.4, -0.2) is 44.8 Å². The van der Waals surface area contributed by atoms with Crippen LogP contribution in [0.1, 0.15) is 13.8 Å². The Morgan fingerprint density at radius 2 is 1.74 bits per heavy atom. The molecule has 0 unspecified atom stereocenters. The van der Waals surface area contributed by atoms with Gasteiger partial charge in [-0.15, -0.1) is 0 Å². The zero-order chi connectivity index (χ0) is 14.8. The van der Waals surface area contributed by atoms with Gasteiger partial charge in [-0.25, -0.2) is 14.4 Å². The van der Waals surface area contributed by atoms with Gasteiger partial charge in [0.15, 0.2) is 0 Å². The number of ether oxygens (including phenoxy) is 2. The summed E-state index contributed by atoms with van der Waals surface area (Å²) in [6, 6.07) is -0.657. The van der Waals surface area contributed by atoms with Crippen molar-refractivity contribution in [2.75, 3.05) is 20.8 Å². The lowest BCUT2D eigenvalue weighted by atomic mass is 10.1. The second-order valence-corrected chi connectivity index (χ2v) is 4.06. The topological polar surface area (TPSA) is 93.7 Å². The predicted octanol–water partition coefficient (Wildman–Crippen LogP) is 0.212. The lowest BCUT2D eigenvalue weighted by Crippen LogP contribution is -2.46. The summed E-state index contributed by atoms with van der Waals surface area (Å²) in [6.07, 6.45) is 1.95. The van der Waals surface area contributed by atoms with Gasteiger partial charge in [0.2, 0.25) is 0 Å². The molecule has 0 bridgehead atoms. The first-order chi connectivity index (χ1) is 8.90. The van der Waals surface area contributed by atoms with Gasteiger partial charge in [-0.1, -0.05) is 13.8 Å². The molecule has 0 saturated heterocycles. The largest absolute Gasteiger partial charge is 0.466 e. The minimum atomic E-state index is -0.672. The van der Waals surface area contributed by atoms with E-state index in [1.807, 2.05) is 13.8 Å². The Kier molecular flexibility index (Phi) is 7.99. The van der Waals surface area contributed by atoms with E-state index in [1.165, 1.54) is 14.2 Å². The number of esters is 2. The molecule has 7 heteroatoms. The number of carbonyl (C=O) groups excluding carboxylic acids is 3. The molecule has 0 aliphatic heterocycles. The monoisotopic (exact) mass is 272 g/mol. The van der Waals surface area contributed by atoms with Crippen LogP contribution < -0.4 is 10.6 Å². The normalized spacial score (nSPS) is 12.1. The Labute approximate surface area is 112 Å². The average Bonchev–Trinajstić information content (AvgIpc) is 2.39. The number of hydrogen-bond acceptors (Lipinski definition) is 5. The SMILES string of the molecule is CNC(=O)N[C@H](COC(=O)/C=C/C(=O)OC)C(C)C. The third-order valence-corrected chi connectivity index (χ3v) is 2.31. The molecule has 0 spiro atoms. The molecular weight excluding hydrogens is 252 g/mol. The summed E-state index contributed by atoms with van der Waals surface area (Å²) >= 11 is 0. The molecule has 0 radical (unpaired) electrons. The summed E-state index contributed by atoms with van der Waals surface area (Å²) in [4.78, 5) is 33.3. The molecule has 7 nitrogen and oxygen atoms in total. The Morgan fingerprint density at radius 3 is 2.21 bits per heavy atom. The van der Waals surface area contributed by atoms with Crippen molar-refractivity contribution in [1.29, 1.82) is 0 Å². The molecule has 19 heavy (non-hydrogen) atoms. The minimum absolute atomic E-state index is 0.0232. The maximum atomic E-state index is 11.3. The van der Waals surface area contributed by atoms with E-state index >= 15 is 0 Å². The highest BCUT2D eigenvalue weighted by Gasteiger charge is 2.17. The van der Waals surface area contributed by atoms with Gasteiger partial charge in [0.05, 0.1) is 13.2 Å². The van der Waals surface area contributed by atoms with Gasteiger partial charge in [-0.2, -0.15) is 0 Å². The van der Waals surface area contributed by atoms with Gasteiger partial charge in [0.25, 0.3) is 0 Å². The van der Waals surface area contributed by atoms with Crippen LogP contribution in [0.4, 0.5) is 4.79 Å². The van der Waals surface area contributed by atoms with Crippen LogP contribution in [0.25, 0.3) is 0 Å². The number of rotatable bonds is 6. The molecule has 0 rings (SSSR count). The fourth-order valence-electron chi connectivity index (χ4n) is 1.07. The zero-order valence-electron chi connectivity index (χ0n) is 11.6. The number of carbonyl (C=O) groups is 3. The minimum Gasteiger partial charge on any atom is -0.466 e. The summed E-state index contributed by atoms with van der Waals surface area (Å²) in [7, 11) is 2.71. The summed E-state index contributed by atoms with van der Waals surface area (Å²) < 4.78 is 9.26. The molecule has 108 valence electrons. The van der Waals surface area contributed by atoms with Gasteiger partial charge >= 0.3 is 18.0 Å². The highest BCUT2D eigenvalue weighted by atomic mass is 16.5. The molecule has 2 amide bonds. The van der Waals surface area contributed by atoms with Gasteiger partial charge in [0.1, 0.15) is 6.61 Å². The smallest absolute Gasteiger partial charge is 0.331 e. The summed E-state index contributed by atoms with van der Waals surface area (Å²) in [5.41, 5.74) is 0. The first-order valence-corrected chi connectivity index (χ1v) is 5.81. The molecule has 0 aliphatic carbocycles. The molecule has 0 saturated carbocycles. The Bertz CT molecular complexity index is 352. The van der Waals surface area contributed by atoms with E-state index in [4.69, 9.17) is 4.74 Å². The molecule has 0 aromatic carbocycles. The van der Waals surface area contributed by atoms with E-state index < -0.39 is 11.9 Å². The van der Waals surface area contributed by atoms with Crippen molar-refractivity contribution in [1.82, 2.24) is 10.6 Å². The van der Waals surface area contributed by atoms with Crippen molar-refractivity contribution in [3.05, 3.63) is 12.2 Å². The first kappa shape index (κ1) is 16.9. The fourth-order valence-corrected chi connectivity index (χ4v) is 1.07. The van der Waals surface area contributed by atoms with E-state index in [0.29, 0.717) is 0 Å². The van der Waals surface area contributed by atoms with Crippen molar-refractivity contribution in [2.45, 2.75) is 19.9 Å². The summed E-state index contributed by atoms with van der Waals surface area (Å²) in [6.45, 7) is 3.80. The van der Waals surface area contributed by atoms with Gasteiger partial charge in [-0.05, 0) is 5.92 Å². The standard InChI is InChI=1S/C12H20N2O5/c1-8(2)9(14-12(17)13-3)7-19-11(16)6-5-10(15)18-4/h5-6,8-9H,7H2,1-4H3,(H2,13,14,17)/b6-5+/t9-/m1/s1.